The summed E-state index contributed by atoms with van der Waals surface area (Å²) in [7, 11) is 3.02. The van der Waals surface area contributed by atoms with E-state index in [4.69, 9.17) is 9.47 Å². The van der Waals surface area contributed by atoms with Gasteiger partial charge in [0.15, 0.2) is 11.5 Å². The number of hydrazone groups is 1. The van der Waals surface area contributed by atoms with Crippen molar-refractivity contribution in [3.63, 3.8) is 0 Å². The second-order valence-electron chi connectivity index (χ2n) is 8.23. The Kier molecular flexibility index (Phi) is 7.65. The van der Waals surface area contributed by atoms with Crippen LogP contribution >= 0.6 is 0 Å². The third-order valence-electron chi connectivity index (χ3n) is 5.86. The highest BCUT2D eigenvalue weighted by atomic mass is 16.5. The van der Waals surface area contributed by atoms with Gasteiger partial charge in [-0.3, -0.25) is 9.59 Å². The van der Waals surface area contributed by atoms with Crippen LogP contribution in [0.25, 0.3) is 10.9 Å². The normalized spacial score (nSPS) is 11.9. The van der Waals surface area contributed by atoms with Crippen LogP contribution in [-0.4, -0.2) is 43.3 Å². The molecule has 184 valence electrons. The Labute approximate surface area is 209 Å². The van der Waals surface area contributed by atoms with Crippen molar-refractivity contribution >= 4 is 28.9 Å². The number of rotatable bonds is 9. The molecule has 4 rings (SSSR count). The first-order valence-corrected chi connectivity index (χ1v) is 11.5. The molecule has 0 aliphatic carbocycles. The third-order valence-corrected chi connectivity index (χ3v) is 5.86. The summed E-state index contributed by atoms with van der Waals surface area (Å²) in [5.41, 5.74) is 6.66. The monoisotopic (exact) mass is 484 g/mol. The van der Waals surface area contributed by atoms with E-state index in [1.807, 2.05) is 61.5 Å². The molecule has 8 heteroatoms. The van der Waals surface area contributed by atoms with Crippen molar-refractivity contribution in [2.75, 3.05) is 14.2 Å². The zero-order valence-electron chi connectivity index (χ0n) is 20.4. The Balaban J connectivity index is 1.52. The van der Waals surface area contributed by atoms with Crippen LogP contribution in [0.3, 0.4) is 0 Å². The van der Waals surface area contributed by atoms with Crippen molar-refractivity contribution in [1.29, 1.82) is 0 Å². The van der Waals surface area contributed by atoms with Crippen LogP contribution in [0.4, 0.5) is 0 Å². The standard InChI is InChI=1S/C28H28N4O4/c1-18-22(21-11-7-8-12-23(21)30-18)17-29-32-28(34)24(15-19-9-5-4-6-10-19)31-27(33)20-13-14-25(35-2)26(16-20)36-3/h4-14,16-17,24,30H,15H2,1-3H3,(H,31,33)(H,32,34). The van der Waals surface area contributed by atoms with Crippen molar-refractivity contribution in [2.45, 2.75) is 19.4 Å². The third kappa shape index (κ3) is 5.55. The van der Waals surface area contributed by atoms with Gasteiger partial charge in [-0.25, -0.2) is 5.43 Å². The second-order valence-corrected chi connectivity index (χ2v) is 8.23. The van der Waals surface area contributed by atoms with Crippen LogP contribution < -0.4 is 20.2 Å². The Morgan fingerprint density at radius 1 is 0.972 bits per heavy atom. The van der Waals surface area contributed by atoms with E-state index in [0.29, 0.717) is 23.5 Å². The smallest absolute Gasteiger partial charge is 0.262 e. The number of hydrogen-bond acceptors (Lipinski definition) is 5. The molecular weight excluding hydrogens is 456 g/mol. The first-order valence-electron chi connectivity index (χ1n) is 11.5. The molecule has 1 aromatic heterocycles. The predicted molar refractivity (Wildman–Crippen MR) is 140 cm³/mol. The lowest BCUT2D eigenvalue weighted by Crippen LogP contribution is -2.46. The highest BCUT2D eigenvalue weighted by molar-refractivity contribution is 6.01. The first-order chi connectivity index (χ1) is 17.5. The molecule has 0 bridgehead atoms. The topological polar surface area (TPSA) is 105 Å². The van der Waals surface area contributed by atoms with E-state index in [1.165, 1.54) is 14.2 Å². The molecule has 1 atom stereocenters. The van der Waals surface area contributed by atoms with Crippen molar-refractivity contribution < 1.29 is 19.1 Å². The zero-order valence-corrected chi connectivity index (χ0v) is 20.4. The van der Waals surface area contributed by atoms with Gasteiger partial charge in [0.1, 0.15) is 6.04 Å². The quantitative estimate of drug-likeness (QED) is 0.247. The maximum absolute atomic E-state index is 13.1. The fourth-order valence-corrected chi connectivity index (χ4v) is 3.98. The maximum atomic E-state index is 13.1. The summed E-state index contributed by atoms with van der Waals surface area (Å²) in [4.78, 5) is 29.5. The van der Waals surface area contributed by atoms with Gasteiger partial charge in [0.05, 0.1) is 20.4 Å². The molecule has 0 aliphatic heterocycles. The number of benzene rings is 3. The van der Waals surface area contributed by atoms with Crippen LogP contribution in [0.5, 0.6) is 11.5 Å². The second kappa shape index (κ2) is 11.2. The average molecular weight is 485 g/mol. The first kappa shape index (κ1) is 24.5. The summed E-state index contributed by atoms with van der Waals surface area (Å²) in [6.07, 6.45) is 1.91. The summed E-state index contributed by atoms with van der Waals surface area (Å²) in [5, 5.41) is 8.02. The van der Waals surface area contributed by atoms with E-state index in [-0.39, 0.29) is 0 Å². The molecule has 0 spiro atoms. The number of hydrogen-bond donors (Lipinski definition) is 3. The summed E-state index contributed by atoms with van der Waals surface area (Å²) in [6, 6.07) is 21.3. The largest absolute Gasteiger partial charge is 0.493 e. The molecule has 2 amide bonds. The number of para-hydroxylation sites is 1. The van der Waals surface area contributed by atoms with E-state index >= 15 is 0 Å². The molecule has 36 heavy (non-hydrogen) atoms. The minimum Gasteiger partial charge on any atom is -0.493 e. The van der Waals surface area contributed by atoms with Gasteiger partial charge in [-0.05, 0) is 36.8 Å². The number of fused-ring (bicyclic) bond motifs is 1. The molecule has 0 radical (unpaired) electrons. The molecule has 0 fully saturated rings. The van der Waals surface area contributed by atoms with Gasteiger partial charge in [-0.1, -0.05) is 48.5 Å². The Morgan fingerprint density at radius 3 is 2.44 bits per heavy atom. The lowest BCUT2D eigenvalue weighted by atomic mass is 10.0. The van der Waals surface area contributed by atoms with Crippen LogP contribution in [0.15, 0.2) is 77.9 Å². The molecule has 1 heterocycles. The van der Waals surface area contributed by atoms with Gasteiger partial charge < -0.3 is 19.8 Å². The Morgan fingerprint density at radius 2 is 1.69 bits per heavy atom. The summed E-state index contributed by atoms with van der Waals surface area (Å²) >= 11 is 0. The molecule has 3 N–H and O–H groups in total. The lowest BCUT2D eigenvalue weighted by Gasteiger charge is -2.18. The van der Waals surface area contributed by atoms with E-state index in [1.54, 1.807) is 24.4 Å². The molecule has 3 aromatic carbocycles. The van der Waals surface area contributed by atoms with Crippen molar-refractivity contribution in [3.05, 3.63) is 95.2 Å². The van der Waals surface area contributed by atoms with Crippen molar-refractivity contribution in [1.82, 2.24) is 15.7 Å². The number of methoxy groups -OCH3 is 2. The van der Waals surface area contributed by atoms with Crippen molar-refractivity contribution in [3.8, 4) is 11.5 Å². The van der Waals surface area contributed by atoms with Crippen LogP contribution in [-0.2, 0) is 11.2 Å². The van der Waals surface area contributed by atoms with E-state index in [0.717, 1.165) is 27.7 Å². The Hall–Kier alpha value is -4.59. The van der Waals surface area contributed by atoms with Gasteiger partial charge >= 0.3 is 0 Å². The van der Waals surface area contributed by atoms with Gasteiger partial charge in [0.2, 0.25) is 0 Å². The predicted octanol–water partition coefficient (Wildman–Crippen LogP) is 3.98. The van der Waals surface area contributed by atoms with E-state index in [2.05, 4.69) is 20.8 Å². The number of ether oxygens (including phenoxy) is 2. The molecule has 0 saturated heterocycles. The zero-order chi connectivity index (χ0) is 25.5. The van der Waals surface area contributed by atoms with Gasteiger partial charge in [-0.2, -0.15) is 5.10 Å². The number of amides is 2. The van der Waals surface area contributed by atoms with Gasteiger partial charge in [0, 0.05) is 34.1 Å². The van der Waals surface area contributed by atoms with Crippen molar-refractivity contribution in [2.24, 2.45) is 5.10 Å². The number of aromatic amines is 1. The molecule has 0 saturated carbocycles. The highest BCUT2D eigenvalue weighted by Gasteiger charge is 2.22. The molecular formula is C28H28N4O4. The number of H-pyrrole nitrogens is 1. The highest BCUT2D eigenvalue weighted by Crippen LogP contribution is 2.27. The molecule has 4 aromatic rings. The summed E-state index contributed by atoms with van der Waals surface area (Å²) < 4.78 is 10.5. The number of nitrogens with one attached hydrogen (secondary N) is 3. The summed E-state index contributed by atoms with van der Waals surface area (Å²) in [5.74, 6) is 0.0901. The maximum Gasteiger partial charge on any atom is 0.262 e. The number of carbonyl (C=O) groups excluding carboxylic acids is 2. The number of aromatic nitrogens is 1. The van der Waals surface area contributed by atoms with Crippen LogP contribution in [0.1, 0.15) is 27.2 Å². The fraction of sp³-hybridized carbons (Fsp3) is 0.179. The average Bonchev–Trinajstić information content (AvgIpc) is 3.23. The van der Waals surface area contributed by atoms with Crippen LogP contribution in [0, 0.1) is 6.92 Å². The summed E-state index contributed by atoms with van der Waals surface area (Å²) in [6.45, 7) is 1.95. The Bertz CT molecular complexity index is 1400. The number of nitrogens with zero attached hydrogens (tertiary/aromatic N) is 1. The molecule has 1 unspecified atom stereocenters. The minimum absolute atomic E-state index is 0.299. The number of aryl methyl sites for hydroxylation is 1. The van der Waals surface area contributed by atoms with Crippen LogP contribution in [0.2, 0.25) is 0 Å². The van der Waals surface area contributed by atoms with E-state index < -0.39 is 17.9 Å². The van der Waals surface area contributed by atoms with Gasteiger partial charge in [-0.15, -0.1) is 0 Å². The fourth-order valence-electron chi connectivity index (χ4n) is 3.98. The lowest BCUT2D eigenvalue weighted by molar-refractivity contribution is -0.122. The molecule has 0 aliphatic rings. The molecule has 8 nitrogen and oxygen atoms in total. The SMILES string of the molecule is COc1ccc(C(=O)NC(Cc2ccccc2)C(=O)NN=Cc2c(C)[nH]c3ccccc23)cc1OC. The van der Waals surface area contributed by atoms with E-state index in [9.17, 15) is 9.59 Å². The van der Waals surface area contributed by atoms with Gasteiger partial charge in [0.25, 0.3) is 11.8 Å². The number of carbonyl (C=O) groups is 2. The minimum atomic E-state index is -0.853.